The number of sulfonamides is 1. The standard InChI is InChI=1S/C19H18ClF3N2O3S/c1-13-11-16(5-6-17(13)20)29(27,28)25-9-7-24(8-10-25)18(26)14-3-2-4-15(12-14)19(21,22)23/h2-6,11-12H,7-10H2,1H3. The quantitative estimate of drug-likeness (QED) is 0.720. The zero-order chi connectivity index (χ0) is 21.4. The van der Waals surface area contributed by atoms with Crippen LogP contribution >= 0.6 is 11.6 Å². The number of carbonyl (C=O) groups is 1. The van der Waals surface area contributed by atoms with E-state index in [9.17, 15) is 26.4 Å². The first-order chi connectivity index (χ1) is 13.5. The van der Waals surface area contributed by atoms with Gasteiger partial charge in [0.25, 0.3) is 5.91 Å². The van der Waals surface area contributed by atoms with Crippen LogP contribution in [0.1, 0.15) is 21.5 Å². The molecule has 0 aromatic heterocycles. The van der Waals surface area contributed by atoms with Crippen molar-refractivity contribution < 1.29 is 26.4 Å². The summed E-state index contributed by atoms with van der Waals surface area (Å²) < 4.78 is 65.5. The van der Waals surface area contributed by atoms with Crippen LogP contribution in [0.15, 0.2) is 47.4 Å². The molecule has 1 saturated heterocycles. The van der Waals surface area contributed by atoms with Crippen molar-refractivity contribution in [1.82, 2.24) is 9.21 Å². The number of halogens is 4. The predicted molar refractivity (Wildman–Crippen MR) is 102 cm³/mol. The summed E-state index contributed by atoms with van der Waals surface area (Å²) in [4.78, 5) is 14.0. The zero-order valence-corrected chi connectivity index (χ0v) is 17.0. The molecular formula is C19H18ClF3N2O3S. The summed E-state index contributed by atoms with van der Waals surface area (Å²) in [5.74, 6) is -0.560. The number of hydrogen-bond donors (Lipinski definition) is 0. The highest BCUT2D eigenvalue weighted by Crippen LogP contribution is 2.30. The van der Waals surface area contributed by atoms with E-state index in [0.29, 0.717) is 10.6 Å². The maximum Gasteiger partial charge on any atom is 0.416 e. The van der Waals surface area contributed by atoms with Gasteiger partial charge in [-0.15, -0.1) is 0 Å². The average molecular weight is 447 g/mol. The van der Waals surface area contributed by atoms with Crippen LogP contribution in [0.4, 0.5) is 13.2 Å². The molecular weight excluding hydrogens is 429 g/mol. The number of benzene rings is 2. The van der Waals surface area contributed by atoms with E-state index in [2.05, 4.69) is 0 Å². The minimum atomic E-state index is -4.54. The van der Waals surface area contributed by atoms with E-state index >= 15 is 0 Å². The molecule has 0 bridgehead atoms. The van der Waals surface area contributed by atoms with Crippen LogP contribution in [-0.4, -0.2) is 49.7 Å². The summed E-state index contributed by atoms with van der Waals surface area (Å²) in [6.45, 7) is 1.97. The lowest BCUT2D eigenvalue weighted by atomic mass is 10.1. The second-order valence-electron chi connectivity index (χ2n) is 6.69. The molecule has 10 heteroatoms. The minimum Gasteiger partial charge on any atom is -0.336 e. The molecule has 1 aliphatic heterocycles. The van der Waals surface area contributed by atoms with Gasteiger partial charge in [0.05, 0.1) is 10.5 Å². The molecule has 0 spiro atoms. The summed E-state index contributed by atoms with van der Waals surface area (Å²) in [5.41, 5.74) is -0.349. The van der Waals surface area contributed by atoms with E-state index in [4.69, 9.17) is 11.6 Å². The Hall–Kier alpha value is -2.10. The van der Waals surface area contributed by atoms with Gasteiger partial charge in [-0.05, 0) is 48.9 Å². The SMILES string of the molecule is Cc1cc(S(=O)(=O)N2CCN(C(=O)c3cccc(C(F)(F)F)c3)CC2)ccc1Cl. The van der Waals surface area contributed by atoms with Gasteiger partial charge in [-0.2, -0.15) is 17.5 Å². The molecule has 5 nitrogen and oxygen atoms in total. The van der Waals surface area contributed by atoms with Gasteiger partial charge >= 0.3 is 6.18 Å². The molecule has 156 valence electrons. The zero-order valence-electron chi connectivity index (χ0n) is 15.4. The number of piperazine rings is 1. The monoisotopic (exact) mass is 446 g/mol. The maximum absolute atomic E-state index is 12.9. The number of hydrogen-bond acceptors (Lipinski definition) is 3. The Morgan fingerprint density at radius 3 is 2.28 bits per heavy atom. The number of nitrogens with zero attached hydrogens (tertiary/aromatic N) is 2. The highest BCUT2D eigenvalue weighted by molar-refractivity contribution is 7.89. The summed E-state index contributed by atoms with van der Waals surface area (Å²) in [7, 11) is -3.75. The maximum atomic E-state index is 12.9. The van der Waals surface area contributed by atoms with Gasteiger partial charge in [0.2, 0.25) is 10.0 Å². The Morgan fingerprint density at radius 1 is 1.03 bits per heavy atom. The van der Waals surface area contributed by atoms with E-state index < -0.39 is 27.7 Å². The Balaban J connectivity index is 1.72. The van der Waals surface area contributed by atoms with E-state index in [1.807, 2.05) is 0 Å². The third kappa shape index (κ3) is 4.57. The molecule has 3 rings (SSSR count). The highest BCUT2D eigenvalue weighted by atomic mass is 35.5. The van der Waals surface area contributed by atoms with Gasteiger partial charge in [0.1, 0.15) is 0 Å². The number of carbonyl (C=O) groups excluding carboxylic acids is 1. The first-order valence-corrected chi connectivity index (χ1v) is 10.5. The normalized spacial score (nSPS) is 16.1. The summed E-state index contributed by atoms with van der Waals surface area (Å²) in [6, 6.07) is 8.62. The summed E-state index contributed by atoms with van der Waals surface area (Å²) in [5, 5.41) is 0.459. The minimum absolute atomic E-state index is 0.0503. The van der Waals surface area contributed by atoms with Crippen molar-refractivity contribution in [3.05, 3.63) is 64.2 Å². The lowest BCUT2D eigenvalue weighted by Crippen LogP contribution is -2.50. The van der Waals surface area contributed by atoms with E-state index in [1.54, 1.807) is 6.92 Å². The largest absolute Gasteiger partial charge is 0.416 e. The Morgan fingerprint density at radius 2 is 1.69 bits per heavy atom. The van der Waals surface area contributed by atoms with Crippen molar-refractivity contribution in [2.24, 2.45) is 0 Å². The fourth-order valence-electron chi connectivity index (χ4n) is 3.07. The topological polar surface area (TPSA) is 57.7 Å². The molecule has 1 heterocycles. The molecule has 29 heavy (non-hydrogen) atoms. The number of aryl methyl sites for hydroxylation is 1. The van der Waals surface area contributed by atoms with Crippen LogP contribution in [0.5, 0.6) is 0 Å². The van der Waals surface area contributed by atoms with Crippen LogP contribution in [0, 0.1) is 6.92 Å². The van der Waals surface area contributed by atoms with Crippen molar-refractivity contribution in [3.8, 4) is 0 Å². The van der Waals surface area contributed by atoms with Gasteiger partial charge in [-0.25, -0.2) is 8.42 Å². The second-order valence-corrected chi connectivity index (χ2v) is 9.03. The molecule has 0 radical (unpaired) electrons. The van der Waals surface area contributed by atoms with Crippen molar-refractivity contribution in [2.75, 3.05) is 26.2 Å². The fraction of sp³-hybridized carbons (Fsp3) is 0.316. The lowest BCUT2D eigenvalue weighted by molar-refractivity contribution is -0.137. The van der Waals surface area contributed by atoms with Crippen molar-refractivity contribution in [2.45, 2.75) is 18.0 Å². The van der Waals surface area contributed by atoms with Gasteiger partial charge < -0.3 is 4.90 Å². The summed E-state index contributed by atoms with van der Waals surface area (Å²) >= 11 is 5.94. The van der Waals surface area contributed by atoms with Gasteiger partial charge in [-0.1, -0.05) is 17.7 Å². The first-order valence-electron chi connectivity index (χ1n) is 8.73. The molecule has 1 amide bonds. The van der Waals surface area contributed by atoms with Crippen LogP contribution in [0.25, 0.3) is 0 Å². The van der Waals surface area contributed by atoms with Crippen molar-refractivity contribution in [3.63, 3.8) is 0 Å². The Labute approximate surface area is 171 Å². The van der Waals surface area contributed by atoms with Crippen LogP contribution in [0.2, 0.25) is 5.02 Å². The molecule has 2 aromatic carbocycles. The molecule has 0 atom stereocenters. The van der Waals surface area contributed by atoms with Gasteiger partial charge in [-0.3, -0.25) is 4.79 Å². The Kier molecular flexibility index (Phi) is 5.93. The highest BCUT2D eigenvalue weighted by Gasteiger charge is 2.33. The van der Waals surface area contributed by atoms with Gasteiger partial charge in [0, 0.05) is 36.8 Å². The predicted octanol–water partition coefficient (Wildman–Crippen LogP) is 3.81. The number of alkyl halides is 3. The van der Waals surface area contributed by atoms with E-state index in [-0.39, 0.29) is 36.6 Å². The molecule has 0 N–H and O–H groups in total. The average Bonchev–Trinajstić information content (AvgIpc) is 2.69. The molecule has 2 aromatic rings. The molecule has 0 unspecified atom stereocenters. The third-order valence-corrected chi connectivity index (χ3v) is 7.05. The van der Waals surface area contributed by atoms with Crippen LogP contribution in [-0.2, 0) is 16.2 Å². The van der Waals surface area contributed by atoms with Crippen LogP contribution < -0.4 is 0 Å². The lowest BCUT2D eigenvalue weighted by Gasteiger charge is -2.34. The number of rotatable bonds is 3. The second kappa shape index (κ2) is 7.97. The van der Waals surface area contributed by atoms with Crippen molar-refractivity contribution >= 4 is 27.5 Å². The van der Waals surface area contributed by atoms with Crippen molar-refractivity contribution in [1.29, 1.82) is 0 Å². The van der Waals surface area contributed by atoms with Crippen LogP contribution in [0.3, 0.4) is 0 Å². The van der Waals surface area contributed by atoms with Gasteiger partial charge in [0.15, 0.2) is 0 Å². The smallest absolute Gasteiger partial charge is 0.336 e. The molecule has 0 saturated carbocycles. The van der Waals surface area contributed by atoms with E-state index in [1.165, 1.54) is 39.5 Å². The summed E-state index contributed by atoms with van der Waals surface area (Å²) in [6.07, 6.45) is -4.54. The fourth-order valence-corrected chi connectivity index (χ4v) is 4.69. The first kappa shape index (κ1) is 21.6. The third-order valence-electron chi connectivity index (χ3n) is 4.73. The molecule has 1 aliphatic rings. The number of amides is 1. The Bertz CT molecular complexity index is 1030. The van der Waals surface area contributed by atoms with E-state index in [0.717, 1.165) is 12.1 Å². The molecule has 1 fully saturated rings. The molecule has 0 aliphatic carbocycles.